The fraction of sp³-hybridized carbons (Fsp3) is 0.545. The maximum atomic E-state index is 11.9. The van der Waals surface area contributed by atoms with E-state index < -0.39 is 42.7 Å². The third kappa shape index (κ3) is 5.42. The molecule has 1 heterocycles. The van der Waals surface area contributed by atoms with Crippen molar-refractivity contribution in [2.75, 3.05) is 23.5 Å². The van der Waals surface area contributed by atoms with Crippen LogP contribution in [0.4, 0.5) is 0 Å². The van der Waals surface area contributed by atoms with Crippen LogP contribution in [0, 0.1) is 13.8 Å². The molecule has 0 aliphatic rings. The van der Waals surface area contributed by atoms with Gasteiger partial charge in [-0.1, -0.05) is 0 Å². The van der Waals surface area contributed by atoms with Crippen LogP contribution in [0.2, 0.25) is 0 Å². The molecule has 1 aromatic heterocycles. The molecule has 0 aromatic carbocycles. The topological polar surface area (TPSA) is 85.3 Å². The maximum Gasteiger partial charge on any atom is 0.178 e. The molecule has 0 fully saturated rings. The van der Waals surface area contributed by atoms with Crippen LogP contribution in [-0.2, 0) is 19.7 Å². The number of hydrogen-bond donors (Lipinski definition) is 0. The van der Waals surface area contributed by atoms with Gasteiger partial charge < -0.3 is 0 Å². The van der Waals surface area contributed by atoms with Gasteiger partial charge in [-0.3, -0.25) is 4.79 Å². The standard InChI is InChI=1S/C11H16O5S3/c1-8-6-10(9(2)17-8)11(12)7-19(15,16)5-4-18(3,13)14/h6H,4-5,7H2,1-3H3. The van der Waals surface area contributed by atoms with E-state index >= 15 is 0 Å². The number of Topliss-reactive ketones (excluding diaryl/α,β-unsaturated/α-hetero) is 1. The molecular formula is C11H16O5S3. The van der Waals surface area contributed by atoms with Crippen molar-refractivity contribution in [2.45, 2.75) is 13.8 Å². The first kappa shape index (κ1) is 16.3. The largest absolute Gasteiger partial charge is 0.293 e. The molecule has 0 bridgehead atoms. The molecule has 0 aliphatic carbocycles. The van der Waals surface area contributed by atoms with Crippen LogP contribution in [0.25, 0.3) is 0 Å². The Labute approximate surface area is 117 Å². The summed E-state index contributed by atoms with van der Waals surface area (Å²) in [5, 5.41) is 0. The number of hydrogen-bond acceptors (Lipinski definition) is 6. The van der Waals surface area contributed by atoms with Crippen molar-refractivity contribution in [1.29, 1.82) is 0 Å². The van der Waals surface area contributed by atoms with Gasteiger partial charge in [-0.2, -0.15) is 0 Å². The lowest BCUT2D eigenvalue weighted by molar-refractivity contribution is 0.102. The molecule has 19 heavy (non-hydrogen) atoms. The average Bonchev–Trinajstić information content (AvgIpc) is 2.54. The van der Waals surface area contributed by atoms with Gasteiger partial charge in [0.1, 0.15) is 15.6 Å². The van der Waals surface area contributed by atoms with Crippen molar-refractivity contribution < 1.29 is 21.6 Å². The van der Waals surface area contributed by atoms with E-state index in [0.29, 0.717) is 5.56 Å². The van der Waals surface area contributed by atoms with Crippen LogP contribution in [0.1, 0.15) is 20.1 Å². The Morgan fingerprint density at radius 1 is 1.16 bits per heavy atom. The molecule has 5 nitrogen and oxygen atoms in total. The monoisotopic (exact) mass is 324 g/mol. The van der Waals surface area contributed by atoms with Gasteiger partial charge in [0, 0.05) is 21.6 Å². The van der Waals surface area contributed by atoms with Crippen LogP contribution in [-0.4, -0.2) is 46.1 Å². The van der Waals surface area contributed by atoms with Gasteiger partial charge in [0.25, 0.3) is 0 Å². The second-order valence-corrected chi connectivity index (χ2v) is 10.4. The van der Waals surface area contributed by atoms with E-state index in [1.807, 2.05) is 6.92 Å². The molecule has 108 valence electrons. The summed E-state index contributed by atoms with van der Waals surface area (Å²) < 4.78 is 45.3. The van der Waals surface area contributed by atoms with Crippen LogP contribution < -0.4 is 0 Å². The summed E-state index contributed by atoms with van der Waals surface area (Å²) >= 11 is 1.43. The van der Waals surface area contributed by atoms with Crippen molar-refractivity contribution in [3.63, 3.8) is 0 Å². The minimum Gasteiger partial charge on any atom is -0.293 e. The first-order valence-electron chi connectivity index (χ1n) is 5.48. The van der Waals surface area contributed by atoms with E-state index in [4.69, 9.17) is 0 Å². The van der Waals surface area contributed by atoms with Crippen LogP contribution in [0.3, 0.4) is 0 Å². The van der Waals surface area contributed by atoms with Crippen molar-refractivity contribution in [3.05, 3.63) is 21.4 Å². The molecule has 0 saturated carbocycles. The Kier molecular flexibility index (Phi) is 4.91. The predicted molar refractivity (Wildman–Crippen MR) is 76.5 cm³/mol. The fourth-order valence-electron chi connectivity index (χ4n) is 1.54. The Balaban J connectivity index is 2.79. The number of thiophene rings is 1. The summed E-state index contributed by atoms with van der Waals surface area (Å²) in [5.74, 6) is -2.08. The number of rotatable bonds is 6. The quantitative estimate of drug-likeness (QED) is 0.729. The highest BCUT2D eigenvalue weighted by atomic mass is 32.2. The summed E-state index contributed by atoms with van der Waals surface area (Å²) in [6.07, 6.45) is 0.969. The van der Waals surface area contributed by atoms with E-state index in [0.717, 1.165) is 16.0 Å². The van der Waals surface area contributed by atoms with E-state index in [9.17, 15) is 21.6 Å². The zero-order valence-electron chi connectivity index (χ0n) is 11.0. The van der Waals surface area contributed by atoms with Gasteiger partial charge in [-0.05, 0) is 19.9 Å². The van der Waals surface area contributed by atoms with Gasteiger partial charge in [0.2, 0.25) is 0 Å². The Morgan fingerprint density at radius 3 is 2.16 bits per heavy atom. The van der Waals surface area contributed by atoms with Gasteiger partial charge in [0.15, 0.2) is 15.6 Å². The van der Waals surface area contributed by atoms with Gasteiger partial charge in [-0.15, -0.1) is 11.3 Å². The van der Waals surface area contributed by atoms with Crippen molar-refractivity contribution >= 4 is 36.8 Å². The zero-order chi connectivity index (χ0) is 14.8. The second kappa shape index (κ2) is 5.72. The number of carbonyl (C=O) groups excluding carboxylic acids is 1. The normalized spacial score (nSPS) is 12.6. The molecule has 8 heteroatoms. The minimum absolute atomic E-state index is 0.408. The van der Waals surface area contributed by atoms with E-state index in [2.05, 4.69) is 0 Å². The Hall–Kier alpha value is -0.730. The van der Waals surface area contributed by atoms with E-state index in [1.54, 1.807) is 13.0 Å². The Morgan fingerprint density at radius 2 is 1.74 bits per heavy atom. The second-order valence-electron chi connectivity index (χ2n) is 4.47. The molecule has 1 rings (SSSR count). The van der Waals surface area contributed by atoms with Gasteiger partial charge in [0.05, 0.1) is 11.5 Å². The highest BCUT2D eigenvalue weighted by molar-refractivity contribution is 7.95. The predicted octanol–water partition coefficient (Wildman–Crippen LogP) is 1.01. The number of sulfone groups is 2. The third-order valence-corrected chi connectivity index (χ3v) is 6.16. The lowest BCUT2D eigenvalue weighted by Crippen LogP contribution is -2.23. The van der Waals surface area contributed by atoms with E-state index in [1.165, 1.54) is 11.3 Å². The maximum absolute atomic E-state index is 11.9. The SMILES string of the molecule is Cc1cc(C(=O)CS(=O)(=O)CCS(C)(=O)=O)c(C)s1. The summed E-state index contributed by atoms with van der Waals surface area (Å²) in [6, 6.07) is 1.66. The molecule has 0 unspecified atom stereocenters. The van der Waals surface area contributed by atoms with Crippen LogP contribution >= 0.6 is 11.3 Å². The molecule has 0 atom stereocenters. The highest BCUT2D eigenvalue weighted by Gasteiger charge is 2.22. The minimum atomic E-state index is -3.69. The summed E-state index contributed by atoms with van der Waals surface area (Å²) in [6.45, 7) is 3.60. The summed E-state index contributed by atoms with van der Waals surface area (Å²) in [7, 11) is -7.04. The third-order valence-electron chi connectivity index (χ3n) is 2.46. The van der Waals surface area contributed by atoms with Crippen molar-refractivity contribution in [2.24, 2.45) is 0 Å². The molecule has 0 aliphatic heterocycles. The van der Waals surface area contributed by atoms with Crippen LogP contribution in [0.5, 0.6) is 0 Å². The highest BCUT2D eigenvalue weighted by Crippen LogP contribution is 2.21. The van der Waals surface area contributed by atoms with Gasteiger partial charge in [-0.25, -0.2) is 16.8 Å². The molecular weight excluding hydrogens is 308 g/mol. The molecule has 0 amide bonds. The number of aryl methyl sites for hydroxylation is 2. The molecule has 0 radical (unpaired) electrons. The molecule has 0 spiro atoms. The van der Waals surface area contributed by atoms with Gasteiger partial charge >= 0.3 is 0 Å². The number of carbonyl (C=O) groups is 1. The fourth-order valence-corrected chi connectivity index (χ4v) is 5.40. The first-order chi connectivity index (χ1) is 8.50. The van der Waals surface area contributed by atoms with E-state index in [-0.39, 0.29) is 0 Å². The van der Waals surface area contributed by atoms with Crippen LogP contribution in [0.15, 0.2) is 6.07 Å². The smallest absolute Gasteiger partial charge is 0.178 e. The first-order valence-corrected chi connectivity index (χ1v) is 10.2. The molecule has 0 saturated heterocycles. The Bertz CT molecular complexity index is 680. The van der Waals surface area contributed by atoms with Crippen molar-refractivity contribution in [3.8, 4) is 0 Å². The number of ketones is 1. The zero-order valence-corrected chi connectivity index (χ0v) is 13.4. The van der Waals surface area contributed by atoms with Crippen molar-refractivity contribution in [1.82, 2.24) is 0 Å². The lowest BCUT2D eigenvalue weighted by Gasteiger charge is -2.03. The molecule has 0 N–H and O–H groups in total. The average molecular weight is 324 g/mol. The summed E-state index contributed by atoms with van der Waals surface area (Å²) in [5.41, 5.74) is 0.408. The summed E-state index contributed by atoms with van der Waals surface area (Å²) in [4.78, 5) is 13.6. The molecule has 1 aromatic rings. The lowest BCUT2D eigenvalue weighted by atomic mass is 10.2.